The van der Waals surface area contributed by atoms with Crippen molar-refractivity contribution in [1.82, 2.24) is 5.32 Å². The molecule has 24 heavy (non-hydrogen) atoms. The second-order valence-electron chi connectivity index (χ2n) is 6.09. The van der Waals surface area contributed by atoms with Gasteiger partial charge in [-0.25, -0.2) is 0 Å². The molecule has 0 fully saturated rings. The number of nitrogens with one attached hydrogen (secondary N) is 1. The fraction of sp³-hybridized carbons (Fsp3) is 0.350. The topological polar surface area (TPSA) is 47.6 Å². The highest BCUT2D eigenvalue weighted by Gasteiger charge is 2.13. The molecule has 4 heteroatoms. The quantitative estimate of drug-likeness (QED) is 0.876. The predicted octanol–water partition coefficient (Wildman–Crippen LogP) is 3.88. The first-order valence-corrected chi connectivity index (χ1v) is 8.04. The average molecular weight is 327 g/mol. The Hall–Kier alpha value is -2.49. The average Bonchev–Trinajstić information content (AvgIpc) is 2.55. The summed E-state index contributed by atoms with van der Waals surface area (Å²) in [4.78, 5) is 12.2. The summed E-state index contributed by atoms with van der Waals surface area (Å²) in [7, 11) is 1.59. The van der Waals surface area contributed by atoms with E-state index in [4.69, 9.17) is 9.47 Å². The van der Waals surface area contributed by atoms with Gasteiger partial charge in [0.2, 0.25) is 0 Å². The summed E-state index contributed by atoms with van der Waals surface area (Å²) >= 11 is 0. The van der Waals surface area contributed by atoms with Crippen LogP contribution in [0.4, 0.5) is 0 Å². The van der Waals surface area contributed by atoms with Crippen LogP contribution in [-0.2, 0) is 4.79 Å². The number of benzene rings is 2. The van der Waals surface area contributed by atoms with Crippen molar-refractivity contribution >= 4 is 5.91 Å². The molecule has 2 aromatic carbocycles. The van der Waals surface area contributed by atoms with E-state index >= 15 is 0 Å². The van der Waals surface area contributed by atoms with Gasteiger partial charge in [-0.3, -0.25) is 4.79 Å². The maximum Gasteiger partial charge on any atom is 0.258 e. The molecule has 1 amide bonds. The summed E-state index contributed by atoms with van der Waals surface area (Å²) in [6.45, 7) is 8.00. The molecule has 128 valence electrons. The van der Waals surface area contributed by atoms with Crippen LogP contribution in [-0.4, -0.2) is 19.6 Å². The molecule has 2 aromatic rings. The highest BCUT2D eigenvalue weighted by atomic mass is 16.5. The standard InChI is InChI=1S/C20H25NO3/c1-13-6-8-15(3)17(10-13)16(4)21-20(22)12-24-18-9-7-14(2)11-19(18)23-5/h6-11,16H,12H2,1-5H3,(H,21,22). The third kappa shape index (κ3) is 4.51. The van der Waals surface area contributed by atoms with Gasteiger partial charge in [-0.15, -0.1) is 0 Å². The minimum atomic E-state index is -0.161. The lowest BCUT2D eigenvalue weighted by atomic mass is 10.00. The summed E-state index contributed by atoms with van der Waals surface area (Å²) in [5.41, 5.74) is 4.54. The first kappa shape index (κ1) is 17.9. The molecule has 0 aliphatic heterocycles. The Bertz CT molecular complexity index is 725. The molecule has 0 radical (unpaired) electrons. The van der Waals surface area contributed by atoms with Crippen LogP contribution >= 0.6 is 0 Å². The van der Waals surface area contributed by atoms with Crippen molar-refractivity contribution in [3.05, 3.63) is 58.7 Å². The molecule has 2 rings (SSSR count). The van der Waals surface area contributed by atoms with E-state index in [0.717, 1.165) is 16.7 Å². The number of hydrogen-bond donors (Lipinski definition) is 1. The molecule has 4 nitrogen and oxygen atoms in total. The van der Waals surface area contributed by atoms with E-state index in [1.54, 1.807) is 7.11 Å². The van der Waals surface area contributed by atoms with Gasteiger partial charge in [0, 0.05) is 0 Å². The van der Waals surface area contributed by atoms with Gasteiger partial charge in [0.15, 0.2) is 18.1 Å². The summed E-state index contributed by atoms with van der Waals surface area (Å²) in [6, 6.07) is 11.8. The highest BCUT2D eigenvalue weighted by molar-refractivity contribution is 5.78. The molecule has 0 spiro atoms. The number of hydrogen-bond acceptors (Lipinski definition) is 3. The Balaban J connectivity index is 1.97. The molecule has 0 saturated carbocycles. The molecule has 0 saturated heterocycles. The fourth-order valence-corrected chi connectivity index (χ4v) is 2.62. The third-order valence-corrected chi connectivity index (χ3v) is 3.96. The van der Waals surface area contributed by atoms with Crippen molar-refractivity contribution in [3.63, 3.8) is 0 Å². The maximum absolute atomic E-state index is 12.2. The van der Waals surface area contributed by atoms with Gasteiger partial charge in [-0.2, -0.15) is 0 Å². The molecule has 0 aromatic heterocycles. The zero-order valence-corrected chi connectivity index (χ0v) is 15.0. The lowest BCUT2D eigenvalue weighted by Crippen LogP contribution is -2.31. The Kier molecular flexibility index (Phi) is 5.85. The van der Waals surface area contributed by atoms with Crippen LogP contribution in [0.15, 0.2) is 36.4 Å². The molecular weight excluding hydrogens is 302 g/mol. The van der Waals surface area contributed by atoms with Crippen molar-refractivity contribution in [2.24, 2.45) is 0 Å². The minimum Gasteiger partial charge on any atom is -0.493 e. The number of carbonyl (C=O) groups excluding carboxylic acids is 1. The second kappa shape index (κ2) is 7.86. The monoisotopic (exact) mass is 327 g/mol. The van der Waals surface area contributed by atoms with Crippen LogP contribution in [0.1, 0.15) is 35.2 Å². The normalized spacial score (nSPS) is 11.7. The zero-order valence-electron chi connectivity index (χ0n) is 15.0. The van der Waals surface area contributed by atoms with Gasteiger partial charge in [0.25, 0.3) is 5.91 Å². The third-order valence-electron chi connectivity index (χ3n) is 3.96. The Morgan fingerprint density at radius 2 is 1.71 bits per heavy atom. The number of rotatable bonds is 6. The highest BCUT2D eigenvalue weighted by Crippen LogP contribution is 2.27. The van der Waals surface area contributed by atoms with E-state index in [-0.39, 0.29) is 18.6 Å². The summed E-state index contributed by atoms with van der Waals surface area (Å²) < 4.78 is 10.9. The van der Waals surface area contributed by atoms with Gasteiger partial charge >= 0.3 is 0 Å². The van der Waals surface area contributed by atoms with Crippen molar-refractivity contribution in [2.75, 3.05) is 13.7 Å². The maximum atomic E-state index is 12.2. The number of amides is 1. The van der Waals surface area contributed by atoms with Crippen molar-refractivity contribution < 1.29 is 14.3 Å². The predicted molar refractivity (Wildman–Crippen MR) is 95.7 cm³/mol. The van der Waals surface area contributed by atoms with Crippen LogP contribution in [0.25, 0.3) is 0 Å². The Morgan fingerprint density at radius 1 is 1.04 bits per heavy atom. The number of ether oxygens (including phenoxy) is 2. The van der Waals surface area contributed by atoms with Gasteiger partial charge in [-0.05, 0) is 56.5 Å². The number of aryl methyl sites for hydroxylation is 3. The molecule has 0 bridgehead atoms. The summed E-state index contributed by atoms with van der Waals surface area (Å²) in [5.74, 6) is 1.04. The van der Waals surface area contributed by atoms with Crippen molar-refractivity contribution in [2.45, 2.75) is 33.7 Å². The lowest BCUT2D eigenvalue weighted by molar-refractivity contribution is -0.123. The summed E-state index contributed by atoms with van der Waals surface area (Å²) in [5, 5.41) is 2.98. The number of methoxy groups -OCH3 is 1. The van der Waals surface area contributed by atoms with Crippen LogP contribution in [0.3, 0.4) is 0 Å². The second-order valence-corrected chi connectivity index (χ2v) is 6.09. The molecule has 1 atom stereocenters. The molecule has 0 aliphatic rings. The Morgan fingerprint density at radius 3 is 2.42 bits per heavy atom. The van der Waals surface area contributed by atoms with Crippen molar-refractivity contribution in [1.29, 1.82) is 0 Å². The molecular formula is C20H25NO3. The first-order valence-electron chi connectivity index (χ1n) is 8.04. The molecule has 0 heterocycles. The largest absolute Gasteiger partial charge is 0.493 e. The van der Waals surface area contributed by atoms with E-state index in [1.807, 2.05) is 45.9 Å². The van der Waals surface area contributed by atoms with Gasteiger partial charge in [0.05, 0.1) is 13.2 Å². The molecule has 1 unspecified atom stereocenters. The van der Waals surface area contributed by atoms with Crippen LogP contribution in [0, 0.1) is 20.8 Å². The van der Waals surface area contributed by atoms with Crippen LogP contribution in [0.2, 0.25) is 0 Å². The smallest absolute Gasteiger partial charge is 0.258 e. The van der Waals surface area contributed by atoms with E-state index in [1.165, 1.54) is 5.56 Å². The van der Waals surface area contributed by atoms with E-state index in [9.17, 15) is 4.79 Å². The van der Waals surface area contributed by atoms with Gasteiger partial charge in [0.1, 0.15) is 0 Å². The van der Waals surface area contributed by atoms with Gasteiger partial charge < -0.3 is 14.8 Å². The van der Waals surface area contributed by atoms with Gasteiger partial charge in [-0.1, -0.05) is 29.8 Å². The van der Waals surface area contributed by atoms with E-state index < -0.39 is 0 Å². The minimum absolute atomic E-state index is 0.0470. The SMILES string of the molecule is COc1cc(C)ccc1OCC(=O)NC(C)c1cc(C)ccc1C. The lowest BCUT2D eigenvalue weighted by Gasteiger charge is -2.18. The van der Waals surface area contributed by atoms with Crippen LogP contribution < -0.4 is 14.8 Å². The van der Waals surface area contributed by atoms with E-state index in [2.05, 4.69) is 23.5 Å². The zero-order chi connectivity index (χ0) is 17.7. The molecule has 1 N–H and O–H groups in total. The van der Waals surface area contributed by atoms with Crippen LogP contribution in [0.5, 0.6) is 11.5 Å². The summed E-state index contributed by atoms with van der Waals surface area (Å²) in [6.07, 6.45) is 0. The fourth-order valence-electron chi connectivity index (χ4n) is 2.62. The molecule has 0 aliphatic carbocycles. The first-order chi connectivity index (χ1) is 11.4. The van der Waals surface area contributed by atoms with E-state index in [0.29, 0.717) is 11.5 Å². The van der Waals surface area contributed by atoms with Crippen molar-refractivity contribution in [3.8, 4) is 11.5 Å². The Labute approximate surface area is 143 Å². The number of carbonyl (C=O) groups is 1.